The van der Waals surface area contributed by atoms with Crippen LogP contribution in [0.2, 0.25) is 0 Å². The summed E-state index contributed by atoms with van der Waals surface area (Å²) in [5.41, 5.74) is 0. The molecule has 2 aliphatic carbocycles. The van der Waals surface area contributed by atoms with E-state index in [2.05, 4.69) is 30.9 Å². The van der Waals surface area contributed by atoms with Gasteiger partial charge in [0.1, 0.15) is 0 Å². The van der Waals surface area contributed by atoms with E-state index in [4.69, 9.17) is 0 Å². The van der Waals surface area contributed by atoms with Crippen LogP contribution < -0.4 is 0 Å². The molecule has 0 aromatic rings. The molecule has 18 heavy (non-hydrogen) atoms. The molecule has 0 N–H and O–H groups in total. The Morgan fingerprint density at radius 2 is 1.78 bits per heavy atom. The van der Waals surface area contributed by atoms with E-state index in [9.17, 15) is 0 Å². The first-order chi connectivity index (χ1) is 8.85. The number of hydrogen-bond donors (Lipinski definition) is 0. The first-order valence-corrected chi connectivity index (χ1v) is 8.23. The van der Waals surface area contributed by atoms with Crippen LogP contribution in [0.25, 0.3) is 0 Å². The van der Waals surface area contributed by atoms with E-state index in [1.807, 2.05) is 0 Å². The second-order valence-electron chi connectivity index (χ2n) is 6.68. The molecule has 5 atom stereocenters. The van der Waals surface area contributed by atoms with E-state index in [1.165, 1.54) is 51.5 Å². The van der Waals surface area contributed by atoms with Gasteiger partial charge in [0.25, 0.3) is 0 Å². The van der Waals surface area contributed by atoms with Crippen LogP contribution in [0.1, 0.15) is 58.8 Å². The molecule has 102 valence electrons. The average molecular weight is 247 g/mol. The molecule has 1 saturated heterocycles. The van der Waals surface area contributed by atoms with Crippen LogP contribution in [0.15, 0.2) is 12.2 Å². The molecular weight excluding hydrogens is 218 g/mol. The smallest absolute Gasteiger partial charge is 0.0130 e. The Morgan fingerprint density at radius 1 is 1.00 bits per heavy atom. The first-order valence-electron chi connectivity index (χ1n) is 8.23. The summed E-state index contributed by atoms with van der Waals surface area (Å²) in [5.74, 6) is 2.94. The zero-order valence-corrected chi connectivity index (χ0v) is 12.1. The Labute approximate surface area is 113 Å². The number of hydrogen-bond acceptors (Lipinski definition) is 1. The molecule has 0 radical (unpaired) electrons. The van der Waals surface area contributed by atoms with Gasteiger partial charge in [0.05, 0.1) is 0 Å². The number of fused-ring (bicyclic) bond motifs is 3. The van der Waals surface area contributed by atoms with Gasteiger partial charge in [-0.3, -0.25) is 4.90 Å². The highest BCUT2D eigenvalue weighted by atomic mass is 15.2. The van der Waals surface area contributed by atoms with Crippen LogP contribution >= 0.6 is 0 Å². The van der Waals surface area contributed by atoms with Crippen molar-refractivity contribution in [2.75, 3.05) is 6.54 Å². The van der Waals surface area contributed by atoms with Gasteiger partial charge >= 0.3 is 0 Å². The molecule has 1 heterocycles. The standard InChI is InChI=1S/C17H29N/c1-3-7-13-10-11-17-15(12-13)14-8-5-6-9-16(14)18(17)4-2/h3,7,13-17H,4-6,8-12H2,1-2H3. The molecule has 0 aromatic carbocycles. The molecule has 0 amide bonds. The topological polar surface area (TPSA) is 3.24 Å². The van der Waals surface area contributed by atoms with Crippen LogP contribution in [-0.4, -0.2) is 23.5 Å². The largest absolute Gasteiger partial charge is 0.297 e. The molecule has 3 fully saturated rings. The van der Waals surface area contributed by atoms with Gasteiger partial charge in [-0.15, -0.1) is 0 Å². The van der Waals surface area contributed by atoms with E-state index >= 15 is 0 Å². The molecule has 1 heteroatoms. The second-order valence-corrected chi connectivity index (χ2v) is 6.68. The molecule has 1 aliphatic heterocycles. The fraction of sp³-hybridized carbons (Fsp3) is 0.882. The Morgan fingerprint density at radius 3 is 2.56 bits per heavy atom. The van der Waals surface area contributed by atoms with E-state index in [0.717, 1.165) is 29.8 Å². The fourth-order valence-corrected chi connectivity index (χ4v) is 5.31. The van der Waals surface area contributed by atoms with Gasteiger partial charge in [0.15, 0.2) is 0 Å². The Kier molecular flexibility index (Phi) is 3.79. The molecule has 3 rings (SSSR count). The number of nitrogens with zero attached hydrogens (tertiary/aromatic N) is 1. The lowest BCUT2D eigenvalue weighted by molar-refractivity contribution is 0.140. The van der Waals surface area contributed by atoms with Crippen LogP contribution in [0.4, 0.5) is 0 Å². The van der Waals surface area contributed by atoms with Gasteiger partial charge in [-0.25, -0.2) is 0 Å². The molecule has 3 aliphatic rings. The van der Waals surface area contributed by atoms with Crippen LogP contribution in [0.3, 0.4) is 0 Å². The summed E-state index contributed by atoms with van der Waals surface area (Å²) in [6, 6.07) is 1.88. The molecule has 0 spiro atoms. The lowest BCUT2D eigenvalue weighted by atomic mass is 9.70. The van der Waals surface area contributed by atoms with E-state index in [1.54, 1.807) is 0 Å². The van der Waals surface area contributed by atoms with Crippen molar-refractivity contribution in [2.24, 2.45) is 17.8 Å². The van der Waals surface area contributed by atoms with Crippen molar-refractivity contribution in [1.82, 2.24) is 4.90 Å². The van der Waals surface area contributed by atoms with Gasteiger partial charge in [0.2, 0.25) is 0 Å². The molecule has 0 bridgehead atoms. The molecular formula is C17H29N. The molecule has 1 nitrogen and oxygen atoms in total. The maximum atomic E-state index is 2.89. The zero-order chi connectivity index (χ0) is 12.5. The third-order valence-electron chi connectivity index (χ3n) is 5.92. The highest BCUT2D eigenvalue weighted by Crippen LogP contribution is 2.50. The van der Waals surface area contributed by atoms with Crippen LogP contribution in [-0.2, 0) is 0 Å². The minimum Gasteiger partial charge on any atom is -0.297 e. The average Bonchev–Trinajstić information content (AvgIpc) is 2.72. The number of allylic oxidation sites excluding steroid dienone is 2. The quantitative estimate of drug-likeness (QED) is 0.660. The Hall–Kier alpha value is -0.300. The minimum atomic E-state index is 0.885. The van der Waals surface area contributed by atoms with E-state index in [0.29, 0.717) is 0 Å². The predicted molar refractivity (Wildman–Crippen MR) is 77.6 cm³/mol. The summed E-state index contributed by atoms with van der Waals surface area (Å²) >= 11 is 0. The summed E-state index contributed by atoms with van der Waals surface area (Å²) < 4.78 is 0. The Balaban J connectivity index is 1.78. The molecule has 0 aromatic heterocycles. The van der Waals surface area contributed by atoms with Crippen molar-refractivity contribution < 1.29 is 0 Å². The maximum absolute atomic E-state index is 2.89. The molecule has 5 unspecified atom stereocenters. The normalized spacial score (nSPS) is 45.1. The predicted octanol–water partition coefficient (Wildman–Crippen LogP) is 4.24. The first kappa shape index (κ1) is 12.7. The summed E-state index contributed by atoms with van der Waals surface area (Å²) in [5, 5.41) is 0. The lowest BCUT2D eigenvalue weighted by Crippen LogP contribution is -2.40. The van der Waals surface area contributed by atoms with E-state index < -0.39 is 0 Å². The molecule has 2 saturated carbocycles. The summed E-state index contributed by atoms with van der Waals surface area (Å²) in [6.07, 6.45) is 15.1. The van der Waals surface area contributed by atoms with Gasteiger partial charge in [0, 0.05) is 12.1 Å². The number of rotatable bonds is 2. The van der Waals surface area contributed by atoms with E-state index in [-0.39, 0.29) is 0 Å². The van der Waals surface area contributed by atoms with Gasteiger partial charge < -0.3 is 0 Å². The number of likely N-dealkylation sites (tertiary alicyclic amines) is 1. The zero-order valence-electron chi connectivity index (χ0n) is 12.1. The monoisotopic (exact) mass is 247 g/mol. The van der Waals surface area contributed by atoms with Crippen molar-refractivity contribution in [3.63, 3.8) is 0 Å². The second kappa shape index (κ2) is 5.36. The van der Waals surface area contributed by atoms with Gasteiger partial charge in [-0.05, 0) is 63.3 Å². The fourth-order valence-electron chi connectivity index (χ4n) is 5.31. The van der Waals surface area contributed by atoms with Gasteiger partial charge in [-0.2, -0.15) is 0 Å². The highest BCUT2D eigenvalue weighted by molar-refractivity contribution is 5.05. The lowest BCUT2D eigenvalue weighted by Gasteiger charge is -2.35. The Bertz CT molecular complexity index is 303. The van der Waals surface area contributed by atoms with Gasteiger partial charge in [-0.1, -0.05) is 31.9 Å². The summed E-state index contributed by atoms with van der Waals surface area (Å²) in [6.45, 7) is 5.85. The summed E-state index contributed by atoms with van der Waals surface area (Å²) in [4.78, 5) is 2.89. The highest BCUT2D eigenvalue weighted by Gasteiger charge is 2.49. The van der Waals surface area contributed by atoms with Crippen molar-refractivity contribution in [3.05, 3.63) is 12.2 Å². The van der Waals surface area contributed by atoms with Crippen molar-refractivity contribution in [2.45, 2.75) is 70.9 Å². The van der Waals surface area contributed by atoms with Crippen LogP contribution in [0.5, 0.6) is 0 Å². The van der Waals surface area contributed by atoms with Crippen molar-refractivity contribution in [1.29, 1.82) is 0 Å². The van der Waals surface area contributed by atoms with Crippen molar-refractivity contribution in [3.8, 4) is 0 Å². The van der Waals surface area contributed by atoms with Crippen molar-refractivity contribution >= 4 is 0 Å². The summed E-state index contributed by atoms with van der Waals surface area (Å²) in [7, 11) is 0. The van der Waals surface area contributed by atoms with Crippen LogP contribution in [0, 0.1) is 17.8 Å². The third kappa shape index (κ3) is 2.05. The third-order valence-corrected chi connectivity index (χ3v) is 5.92. The minimum absolute atomic E-state index is 0.885. The maximum Gasteiger partial charge on any atom is 0.0130 e. The SMILES string of the molecule is CC=CC1CCC2C(C1)C1CCCCC1N2CC.